The van der Waals surface area contributed by atoms with Gasteiger partial charge in [-0.1, -0.05) is 34.6 Å². The maximum atomic E-state index is 13.5. The van der Waals surface area contributed by atoms with Gasteiger partial charge in [0.2, 0.25) is 17.6 Å². The minimum Gasteiger partial charge on any atom is -0.363 e. The number of Topliss-reactive ketones (excluding diaryl/α,β-unsaturated/α-hetero) is 1. The fraction of sp³-hybridized carbons (Fsp3) is 0.762. The number of nitrogens with one attached hydrogen (secondary N) is 3. The van der Waals surface area contributed by atoms with Gasteiger partial charge in [-0.25, -0.2) is 4.79 Å². The molecule has 10 nitrogen and oxygen atoms in total. The quantitative estimate of drug-likeness (QED) is 0.405. The van der Waals surface area contributed by atoms with Crippen LogP contribution in [0.2, 0.25) is 0 Å². The normalized spacial score (nSPS) is 24.8. The maximum absolute atomic E-state index is 13.5. The molecule has 2 rings (SSSR count). The van der Waals surface area contributed by atoms with Crippen LogP contribution in [0.5, 0.6) is 0 Å². The Morgan fingerprint density at radius 1 is 1.10 bits per heavy atom. The molecule has 0 aromatic carbocycles. The van der Waals surface area contributed by atoms with E-state index in [1.807, 2.05) is 48.5 Å². The zero-order chi connectivity index (χ0) is 23.9. The van der Waals surface area contributed by atoms with Gasteiger partial charge >= 0.3 is 6.03 Å². The van der Waals surface area contributed by atoms with Crippen LogP contribution in [-0.2, 0) is 19.2 Å². The average molecular weight is 438 g/mol. The molecule has 0 aromatic heterocycles. The summed E-state index contributed by atoms with van der Waals surface area (Å²) in [5.74, 6) is -2.81. The molecule has 1 saturated heterocycles. The molecule has 0 unspecified atom stereocenters. The molecule has 174 valence electrons. The van der Waals surface area contributed by atoms with Crippen molar-refractivity contribution >= 4 is 29.5 Å². The van der Waals surface area contributed by atoms with Crippen molar-refractivity contribution < 1.29 is 24.0 Å². The molecule has 10 heteroatoms. The third-order valence-corrected chi connectivity index (χ3v) is 6.27. The molecule has 1 aliphatic heterocycles. The Bertz CT molecular complexity index is 786. The lowest BCUT2D eigenvalue weighted by Gasteiger charge is -2.37. The second-order valence-electron chi connectivity index (χ2n) is 10.5. The first kappa shape index (κ1) is 24.6. The molecule has 2 fully saturated rings. The zero-order valence-electron chi connectivity index (χ0n) is 19.4. The van der Waals surface area contributed by atoms with Gasteiger partial charge in [-0.05, 0) is 36.5 Å². The predicted octanol–water partition coefficient (Wildman–Crippen LogP) is -0.238. The Morgan fingerprint density at radius 3 is 2.16 bits per heavy atom. The van der Waals surface area contributed by atoms with Gasteiger partial charge in [0.05, 0.1) is 6.54 Å². The lowest BCUT2D eigenvalue weighted by atomic mass is 9.85. The number of urea groups is 1. The number of hydrogen-bond donors (Lipinski definition) is 4. The first-order valence-corrected chi connectivity index (χ1v) is 10.6. The van der Waals surface area contributed by atoms with Crippen molar-refractivity contribution in [2.45, 2.75) is 66.6 Å². The van der Waals surface area contributed by atoms with E-state index in [9.17, 15) is 24.0 Å². The maximum Gasteiger partial charge on any atom is 0.315 e. The molecular formula is C21H35N5O5. The first-order chi connectivity index (χ1) is 14.1. The molecular weight excluding hydrogens is 402 g/mol. The van der Waals surface area contributed by atoms with Crippen molar-refractivity contribution in [2.24, 2.45) is 28.4 Å². The fourth-order valence-corrected chi connectivity index (χ4v) is 4.42. The number of likely N-dealkylation sites (tertiary alicyclic amines) is 1. The Labute approximate surface area is 183 Å². The molecule has 4 atom stereocenters. The Balaban J connectivity index is 2.23. The summed E-state index contributed by atoms with van der Waals surface area (Å²) in [5.41, 5.74) is 4.23. The number of fused-ring (bicyclic) bond motifs is 1. The predicted molar refractivity (Wildman–Crippen MR) is 114 cm³/mol. The van der Waals surface area contributed by atoms with Gasteiger partial charge in [0.15, 0.2) is 0 Å². The van der Waals surface area contributed by atoms with E-state index in [0.29, 0.717) is 6.54 Å². The highest BCUT2D eigenvalue weighted by Crippen LogP contribution is 2.65. The Morgan fingerprint density at radius 2 is 1.68 bits per heavy atom. The van der Waals surface area contributed by atoms with Crippen LogP contribution in [0, 0.1) is 22.7 Å². The zero-order valence-corrected chi connectivity index (χ0v) is 19.4. The highest BCUT2D eigenvalue weighted by Gasteiger charge is 2.69. The summed E-state index contributed by atoms with van der Waals surface area (Å²) in [6.07, 6.45) is 0. The summed E-state index contributed by atoms with van der Waals surface area (Å²) in [6.45, 7) is 13.1. The molecule has 0 bridgehead atoms. The van der Waals surface area contributed by atoms with Gasteiger partial charge in [0, 0.05) is 12.6 Å². The van der Waals surface area contributed by atoms with Crippen molar-refractivity contribution in [2.75, 3.05) is 13.1 Å². The molecule has 5 amide bonds. The topological polar surface area (TPSA) is 151 Å². The van der Waals surface area contributed by atoms with Crippen LogP contribution in [0.1, 0.15) is 48.5 Å². The van der Waals surface area contributed by atoms with Crippen molar-refractivity contribution in [3.63, 3.8) is 0 Å². The highest BCUT2D eigenvalue weighted by molar-refractivity contribution is 6.36. The van der Waals surface area contributed by atoms with Crippen molar-refractivity contribution in [1.82, 2.24) is 20.9 Å². The molecule has 0 spiro atoms. The van der Waals surface area contributed by atoms with Crippen LogP contribution < -0.4 is 21.7 Å². The molecule has 1 aliphatic carbocycles. The van der Waals surface area contributed by atoms with E-state index < -0.39 is 47.7 Å². The van der Waals surface area contributed by atoms with Crippen molar-refractivity contribution in [1.29, 1.82) is 0 Å². The van der Waals surface area contributed by atoms with E-state index in [-0.39, 0.29) is 29.2 Å². The largest absolute Gasteiger partial charge is 0.363 e. The number of primary amides is 1. The van der Waals surface area contributed by atoms with Gasteiger partial charge in [0.25, 0.3) is 5.91 Å². The monoisotopic (exact) mass is 437 g/mol. The van der Waals surface area contributed by atoms with E-state index in [1.54, 1.807) is 0 Å². The molecule has 0 radical (unpaired) electrons. The summed E-state index contributed by atoms with van der Waals surface area (Å²) < 4.78 is 0. The number of amides is 5. The third-order valence-electron chi connectivity index (χ3n) is 6.27. The number of rotatable bonds is 7. The van der Waals surface area contributed by atoms with Crippen LogP contribution in [0.3, 0.4) is 0 Å². The molecule has 1 heterocycles. The van der Waals surface area contributed by atoms with E-state index in [4.69, 9.17) is 5.73 Å². The van der Waals surface area contributed by atoms with Gasteiger partial charge in [-0.15, -0.1) is 0 Å². The van der Waals surface area contributed by atoms with Gasteiger partial charge in [0.1, 0.15) is 12.1 Å². The Kier molecular flexibility index (Phi) is 6.73. The number of hydrogen-bond acceptors (Lipinski definition) is 5. The van der Waals surface area contributed by atoms with Gasteiger partial charge in [-0.3, -0.25) is 19.2 Å². The van der Waals surface area contributed by atoms with Gasteiger partial charge in [-0.2, -0.15) is 0 Å². The van der Waals surface area contributed by atoms with Crippen LogP contribution in [0.25, 0.3) is 0 Å². The molecule has 2 aliphatic rings. The summed E-state index contributed by atoms with van der Waals surface area (Å²) in [6, 6.07) is -2.19. The van der Waals surface area contributed by atoms with Gasteiger partial charge < -0.3 is 26.6 Å². The molecule has 31 heavy (non-hydrogen) atoms. The molecule has 0 aromatic rings. The van der Waals surface area contributed by atoms with Crippen LogP contribution >= 0.6 is 0 Å². The van der Waals surface area contributed by atoms with E-state index in [0.717, 1.165) is 0 Å². The van der Waals surface area contributed by atoms with E-state index in [1.165, 1.54) is 4.90 Å². The minimum absolute atomic E-state index is 0.0646. The van der Waals surface area contributed by atoms with E-state index in [2.05, 4.69) is 16.0 Å². The van der Waals surface area contributed by atoms with Crippen LogP contribution in [0.4, 0.5) is 4.79 Å². The van der Waals surface area contributed by atoms with Crippen molar-refractivity contribution in [3.05, 3.63) is 0 Å². The average Bonchev–Trinajstić information content (AvgIpc) is 2.98. The first-order valence-electron chi connectivity index (χ1n) is 10.6. The number of nitrogens with two attached hydrogens (primary N) is 1. The summed E-state index contributed by atoms with van der Waals surface area (Å²) in [5, 5.41) is 7.92. The fourth-order valence-electron chi connectivity index (χ4n) is 4.42. The smallest absolute Gasteiger partial charge is 0.315 e. The van der Waals surface area contributed by atoms with Crippen LogP contribution in [0.15, 0.2) is 0 Å². The second-order valence-corrected chi connectivity index (χ2v) is 10.5. The second kappa shape index (κ2) is 8.47. The number of ketones is 1. The minimum atomic E-state index is -1.13. The van der Waals surface area contributed by atoms with E-state index >= 15 is 0 Å². The summed E-state index contributed by atoms with van der Waals surface area (Å²) in [7, 11) is 0. The lowest BCUT2D eigenvalue weighted by Crippen LogP contribution is -2.60. The molecule has 1 saturated carbocycles. The number of carbonyl (C=O) groups excluding carboxylic acids is 5. The van der Waals surface area contributed by atoms with Crippen LogP contribution in [-0.4, -0.2) is 65.7 Å². The standard InChI is InChI=1S/C21H35N5O5/c1-10(2)24-19(31)25-15(20(3,4)5)18(30)26-9-11-13(21(11,6)7)14(26)17(29)23-8-12(27)16(22)28/h10-11,13-15H,8-9H2,1-7H3,(H2,22,28)(H,23,29)(H2,24,25,31)/t11-,13-,14-,15+/m0/s1. The number of carbonyl (C=O) groups is 5. The SMILES string of the molecule is CC(C)NC(=O)N[C@H](C(=O)N1C[C@H]2[C@@H]([C@H]1C(=O)NCC(=O)C(N)=O)C2(C)C)C(C)(C)C. The summed E-state index contributed by atoms with van der Waals surface area (Å²) >= 11 is 0. The Hall–Kier alpha value is -2.65. The number of nitrogens with zero attached hydrogens (tertiary/aromatic N) is 1. The highest BCUT2D eigenvalue weighted by atomic mass is 16.2. The van der Waals surface area contributed by atoms with Crippen molar-refractivity contribution in [3.8, 4) is 0 Å². The lowest BCUT2D eigenvalue weighted by molar-refractivity contribution is -0.144. The number of piperidine rings is 1. The summed E-state index contributed by atoms with van der Waals surface area (Å²) in [4.78, 5) is 62.8. The third kappa shape index (κ3) is 5.16. The molecule has 5 N–H and O–H groups in total.